The van der Waals surface area contributed by atoms with E-state index in [9.17, 15) is 9.59 Å². The van der Waals surface area contributed by atoms with Crippen molar-refractivity contribution in [2.45, 2.75) is 31.6 Å². The third kappa shape index (κ3) is 7.48. The number of amides is 2. The molecule has 1 aromatic heterocycles. The van der Waals surface area contributed by atoms with Gasteiger partial charge in [-0.25, -0.2) is 0 Å². The highest BCUT2D eigenvalue weighted by Gasteiger charge is 2.21. The van der Waals surface area contributed by atoms with E-state index >= 15 is 0 Å². The van der Waals surface area contributed by atoms with Gasteiger partial charge in [0.05, 0.1) is 23.2 Å². The quantitative estimate of drug-likeness (QED) is 0.130. The number of benzene rings is 3. The largest absolute Gasteiger partial charge is 0.342 e. The number of thioether (sulfide) groups is 1. The van der Waals surface area contributed by atoms with Crippen molar-refractivity contribution in [1.29, 1.82) is 0 Å². The van der Waals surface area contributed by atoms with E-state index in [0.29, 0.717) is 34.5 Å². The van der Waals surface area contributed by atoms with Crippen molar-refractivity contribution in [2.24, 2.45) is 10.2 Å². The lowest BCUT2D eigenvalue weighted by Gasteiger charge is -2.16. The minimum Gasteiger partial charge on any atom is -0.342 e. The number of anilines is 1. The highest BCUT2D eigenvalue weighted by molar-refractivity contribution is 7.99. The van der Waals surface area contributed by atoms with Crippen LogP contribution in [-0.4, -0.2) is 32.3 Å². The van der Waals surface area contributed by atoms with Gasteiger partial charge in [0.2, 0.25) is 5.91 Å². The van der Waals surface area contributed by atoms with E-state index in [2.05, 4.69) is 37.6 Å². The van der Waals surface area contributed by atoms with Crippen molar-refractivity contribution in [3.05, 3.63) is 108 Å². The molecule has 0 radical (unpaired) electrons. The van der Waals surface area contributed by atoms with Crippen molar-refractivity contribution >= 4 is 40.6 Å². The molecular formula is C29H29N7O2S. The molecule has 9 nitrogen and oxygen atoms in total. The highest BCUT2D eigenvalue weighted by Crippen LogP contribution is 2.23. The second-order valence-electron chi connectivity index (χ2n) is 8.67. The van der Waals surface area contributed by atoms with Crippen LogP contribution in [0.1, 0.15) is 34.7 Å². The van der Waals surface area contributed by atoms with E-state index < -0.39 is 6.04 Å². The maximum atomic E-state index is 12.8. The standard InChI is InChI=1S/C29H29N7O2S/c1-4-18-36-27(21(3)30-28(38)25-13-9-8-10-20(25)2)34-35-29(36)39-19-26(37)31-22-14-16-24(17-15-22)33-32-23-11-6-5-7-12-23/h4-17,21H,1,18-19H2,2-3H3,(H,30,38)(H,31,37)/t21-/m1/s1. The lowest BCUT2D eigenvalue weighted by atomic mass is 10.1. The van der Waals surface area contributed by atoms with Gasteiger partial charge in [-0.1, -0.05) is 54.2 Å². The molecule has 198 valence electrons. The summed E-state index contributed by atoms with van der Waals surface area (Å²) in [6, 6.07) is 23.6. The second kappa shape index (κ2) is 13.3. The fraction of sp³-hybridized carbons (Fsp3) is 0.172. The van der Waals surface area contributed by atoms with E-state index in [0.717, 1.165) is 11.3 Å². The molecule has 0 unspecified atom stereocenters. The number of rotatable bonds is 11. The second-order valence-corrected chi connectivity index (χ2v) is 9.61. The molecule has 0 spiro atoms. The lowest BCUT2D eigenvalue weighted by molar-refractivity contribution is -0.113. The topological polar surface area (TPSA) is 114 Å². The number of carbonyl (C=O) groups is 2. The molecule has 4 aromatic rings. The first-order valence-electron chi connectivity index (χ1n) is 12.3. The predicted molar refractivity (Wildman–Crippen MR) is 154 cm³/mol. The van der Waals surface area contributed by atoms with Gasteiger partial charge in [0.1, 0.15) is 0 Å². The van der Waals surface area contributed by atoms with Crippen LogP contribution in [0.25, 0.3) is 0 Å². The smallest absolute Gasteiger partial charge is 0.252 e. The average Bonchev–Trinajstić information content (AvgIpc) is 3.35. The molecule has 0 bridgehead atoms. The summed E-state index contributed by atoms with van der Waals surface area (Å²) in [7, 11) is 0. The molecule has 0 saturated heterocycles. The summed E-state index contributed by atoms with van der Waals surface area (Å²) in [4.78, 5) is 25.4. The number of azo groups is 1. The molecule has 1 atom stereocenters. The molecule has 0 aliphatic heterocycles. The molecule has 0 fully saturated rings. The van der Waals surface area contributed by atoms with E-state index in [1.807, 2.05) is 66.9 Å². The first-order chi connectivity index (χ1) is 18.9. The Kier molecular flexibility index (Phi) is 9.36. The molecule has 0 aliphatic carbocycles. The number of hydrogen-bond donors (Lipinski definition) is 2. The predicted octanol–water partition coefficient (Wildman–Crippen LogP) is 6.41. The molecule has 4 rings (SSSR count). The van der Waals surface area contributed by atoms with Crippen molar-refractivity contribution in [2.75, 3.05) is 11.1 Å². The number of aryl methyl sites for hydroxylation is 1. The lowest BCUT2D eigenvalue weighted by Crippen LogP contribution is -2.29. The Hall–Kier alpha value is -4.57. The molecule has 2 amide bonds. The molecule has 3 aromatic carbocycles. The summed E-state index contributed by atoms with van der Waals surface area (Å²) in [5.74, 6) is 0.346. The molecule has 0 aliphatic rings. The number of aromatic nitrogens is 3. The Morgan fingerprint density at radius 2 is 1.64 bits per heavy atom. The molecule has 2 N–H and O–H groups in total. The van der Waals surface area contributed by atoms with E-state index in [-0.39, 0.29) is 17.6 Å². The zero-order chi connectivity index (χ0) is 27.6. The van der Waals surface area contributed by atoms with Crippen LogP contribution in [0.15, 0.2) is 107 Å². The van der Waals surface area contributed by atoms with Crippen LogP contribution >= 0.6 is 11.8 Å². The molecule has 0 saturated carbocycles. The monoisotopic (exact) mass is 539 g/mol. The van der Waals surface area contributed by atoms with E-state index in [1.54, 1.807) is 36.4 Å². The van der Waals surface area contributed by atoms with Gasteiger partial charge in [-0.15, -0.1) is 16.8 Å². The maximum absolute atomic E-state index is 12.8. The Bertz CT molecular complexity index is 1470. The summed E-state index contributed by atoms with van der Waals surface area (Å²) in [5.41, 5.74) is 3.60. The Balaban J connectivity index is 1.34. The first kappa shape index (κ1) is 27.5. The minimum atomic E-state index is -0.398. The van der Waals surface area contributed by atoms with Gasteiger partial charge in [0.25, 0.3) is 5.91 Å². The normalized spacial score (nSPS) is 11.7. The number of nitrogens with one attached hydrogen (secondary N) is 2. The summed E-state index contributed by atoms with van der Waals surface area (Å²) in [6.07, 6.45) is 1.73. The van der Waals surface area contributed by atoms with Gasteiger partial charge in [0, 0.05) is 17.8 Å². The van der Waals surface area contributed by atoms with Gasteiger partial charge in [-0.3, -0.25) is 9.59 Å². The number of allylic oxidation sites excluding steroid dienone is 1. The number of hydrogen-bond acceptors (Lipinski definition) is 7. The molecular weight excluding hydrogens is 510 g/mol. The van der Waals surface area contributed by atoms with Gasteiger partial charge in [0.15, 0.2) is 11.0 Å². The summed E-state index contributed by atoms with van der Waals surface area (Å²) < 4.78 is 1.85. The van der Waals surface area contributed by atoms with Crippen molar-refractivity contribution < 1.29 is 9.59 Å². The van der Waals surface area contributed by atoms with Crippen LogP contribution in [-0.2, 0) is 11.3 Å². The third-order valence-corrected chi connectivity index (χ3v) is 6.67. The Morgan fingerprint density at radius 1 is 0.974 bits per heavy atom. The average molecular weight is 540 g/mol. The molecule has 10 heteroatoms. The fourth-order valence-corrected chi connectivity index (χ4v) is 4.50. The van der Waals surface area contributed by atoms with Gasteiger partial charge >= 0.3 is 0 Å². The Labute approximate surface area is 231 Å². The molecule has 39 heavy (non-hydrogen) atoms. The SMILES string of the molecule is C=CCn1c(SCC(=O)Nc2ccc(N=Nc3ccccc3)cc2)nnc1[C@@H](C)NC(=O)c1ccccc1C. The summed E-state index contributed by atoms with van der Waals surface area (Å²) in [5, 5.41) is 23.4. The van der Waals surface area contributed by atoms with Crippen LogP contribution in [0.4, 0.5) is 17.1 Å². The highest BCUT2D eigenvalue weighted by atomic mass is 32.2. The first-order valence-corrected chi connectivity index (χ1v) is 13.3. The van der Waals surface area contributed by atoms with Crippen LogP contribution in [0.3, 0.4) is 0 Å². The summed E-state index contributed by atoms with van der Waals surface area (Å²) >= 11 is 1.26. The van der Waals surface area contributed by atoms with E-state index in [4.69, 9.17) is 0 Å². The Morgan fingerprint density at radius 3 is 2.33 bits per heavy atom. The summed E-state index contributed by atoms with van der Waals surface area (Å²) in [6.45, 7) is 8.00. The zero-order valence-corrected chi connectivity index (χ0v) is 22.6. The van der Waals surface area contributed by atoms with Gasteiger partial charge < -0.3 is 15.2 Å². The van der Waals surface area contributed by atoms with Crippen molar-refractivity contribution in [3.63, 3.8) is 0 Å². The van der Waals surface area contributed by atoms with Gasteiger partial charge in [-0.2, -0.15) is 10.2 Å². The maximum Gasteiger partial charge on any atom is 0.252 e. The molecule has 1 heterocycles. The van der Waals surface area contributed by atoms with E-state index in [1.165, 1.54) is 11.8 Å². The zero-order valence-electron chi connectivity index (χ0n) is 21.7. The minimum absolute atomic E-state index is 0.134. The van der Waals surface area contributed by atoms with Gasteiger partial charge in [-0.05, 0) is 61.9 Å². The van der Waals surface area contributed by atoms with Crippen LogP contribution in [0.2, 0.25) is 0 Å². The van der Waals surface area contributed by atoms with Crippen molar-refractivity contribution in [3.8, 4) is 0 Å². The van der Waals surface area contributed by atoms with Crippen LogP contribution in [0.5, 0.6) is 0 Å². The number of carbonyl (C=O) groups excluding carboxylic acids is 2. The van der Waals surface area contributed by atoms with Crippen molar-refractivity contribution in [1.82, 2.24) is 20.1 Å². The third-order valence-electron chi connectivity index (χ3n) is 5.70. The van der Waals surface area contributed by atoms with Crippen LogP contribution < -0.4 is 10.6 Å². The van der Waals surface area contributed by atoms with Crippen LogP contribution in [0, 0.1) is 6.92 Å². The number of nitrogens with zero attached hydrogens (tertiary/aromatic N) is 5. The fourth-order valence-electron chi connectivity index (χ4n) is 3.74.